The van der Waals surface area contributed by atoms with Gasteiger partial charge in [0.1, 0.15) is 35.4 Å². The number of likely N-dealkylation sites (N-methyl/N-ethyl adjacent to an activating group) is 5. The van der Waals surface area contributed by atoms with Crippen molar-refractivity contribution in [3.63, 3.8) is 0 Å². The number of likely N-dealkylation sites (tertiary alicyclic amines) is 4. The van der Waals surface area contributed by atoms with Crippen molar-refractivity contribution < 1.29 is 62.3 Å². The molecule has 0 radical (unpaired) electrons. The van der Waals surface area contributed by atoms with Crippen LogP contribution in [0.2, 0.25) is 20.1 Å². The molecule has 8 aromatic rings. The Labute approximate surface area is 904 Å². The summed E-state index contributed by atoms with van der Waals surface area (Å²) in [6.45, 7) is 17.4. The van der Waals surface area contributed by atoms with Crippen LogP contribution in [0.5, 0.6) is 0 Å². The zero-order valence-electron chi connectivity index (χ0n) is 89.8. The molecule has 12 heterocycles. The van der Waals surface area contributed by atoms with E-state index < -0.39 is 0 Å². The third-order valence-electron chi connectivity index (χ3n) is 35.2. The molecule has 814 valence electrons. The van der Waals surface area contributed by atoms with Gasteiger partial charge in [0.05, 0.1) is 69.3 Å². The Kier molecular flexibility index (Phi) is 39.1. The number of nitrogens with zero attached hydrogens (tertiary/aromatic N) is 13. The lowest BCUT2D eigenvalue weighted by Gasteiger charge is -2.35. The van der Waals surface area contributed by atoms with Gasteiger partial charge in [0.25, 0.3) is 0 Å². The molecule has 7 aliphatic heterocycles. The number of hydrogen-bond acceptors (Lipinski definition) is 18. The second-order valence-corrected chi connectivity index (χ2v) is 46.3. The maximum atomic E-state index is 14.2. The number of fused-ring (bicyclic) bond motifs is 4. The van der Waals surface area contributed by atoms with E-state index in [4.69, 9.17) is 51.1 Å². The summed E-state index contributed by atoms with van der Waals surface area (Å²) in [4.78, 5) is 178. The molecule has 4 saturated carbocycles. The number of nitrogens with one attached hydrogen (secondary N) is 4. The number of benzene rings is 3. The van der Waals surface area contributed by atoms with Crippen molar-refractivity contribution in [3.8, 4) is 0 Å². The van der Waals surface area contributed by atoms with E-state index in [9.17, 15) is 57.5 Å². The van der Waals surface area contributed by atoms with Crippen LogP contribution in [0.1, 0.15) is 263 Å². The number of amides is 8. The average Bonchev–Trinajstić information content (AvgIpc) is 1.61. The summed E-state index contributed by atoms with van der Waals surface area (Å²) < 4.78 is 13.7. The fourth-order valence-corrected chi connectivity index (χ4v) is 26.7. The van der Waals surface area contributed by atoms with Gasteiger partial charge in [-0.25, -0.2) is 14.6 Å². The summed E-state index contributed by atoms with van der Waals surface area (Å²) in [6, 6.07) is 18.3. The summed E-state index contributed by atoms with van der Waals surface area (Å²) in [5.41, 5.74) is 6.89. The molecule has 11 aliphatic rings. The molecular weight excluding hydrogens is 1980 g/mol. The van der Waals surface area contributed by atoms with Crippen LogP contribution in [-0.2, 0) is 74.1 Å². The number of carbonyl (C=O) groups is 12. The minimum Gasteiger partial charge on any atom is -0.447 e. The van der Waals surface area contributed by atoms with E-state index in [0.29, 0.717) is 122 Å². The van der Waals surface area contributed by atoms with Gasteiger partial charge in [-0.3, -0.25) is 57.7 Å². The van der Waals surface area contributed by atoms with Crippen molar-refractivity contribution in [2.75, 3.05) is 109 Å². The number of rotatable bonds is 36. The van der Waals surface area contributed by atoms with E-state index in [1.165, 1.54) is 25.7 Å². The molecule has 11 fully saturated rings. The van der Waals surface area contributed by atoms with Gasteiger partial charge in [0.15, 0.2) is 5.78 Å². The lowest BCUT2D eigenvalue weighted by molar-refractivity contribution is -0.142. The highest BCUT2D eigenvalue weighted by Gasteiger charge is 2.47. The molecule has 4 aliphatic carbocycles. The first-order valence-electron chi connectivity index (χ1n) is 56.1. The molecule has 150 heavy (non-hydrogen) atoms. The van der Waals surface area contributed by atoms with Crippen LogP contribution in [0.15, 0.2) is 91.6 Å². The molecular formula is C116H159Cl4N17O13. The molecule has 34 heteroatoms. The van der Waals surface area contributed by atoms with Crippen LogP contribution in [0, 0.1) is 47.3 Å². The van der Waals surface area contributed by atoms with Crippen LogP contribution in [0.25, 0.3) is 43.7 Å². The third kappa shape index (κ3) is 26.2. The number of aromatic nitrogens is 5. The largest absolute Gasteiger partial charge is 0.447 e. The first-order chi connectivity index (χ1) is 72.3. The summed E-state index contributed by atoms with van der Waals surface area (Å²) >= 11 is 25.2. The van der Waals surface area contributed by atoms with Gasteiger partial charge in [-0.2, -0.15) is 0 Å². The Bertz CT molecular complexity index is 5960. The second-order valence-electron chi connectivity index (χ2n) is 44.6. The molecule has 0 bridgehead atoms. The Morgan fingerprint density at radius 2 is 0.693 bits per heavy atom. The number of ether oxygens (including phenoxy) is 1. The topological polar surface area (TPSA) is 321 Å². The summed E-state index contributed by atoms with van der Waals surface area (Å²) in [5.74, 6) is 1.25. The van der Waals surface area contributed by atoms with Gasteiger partial charge >= 0.3 is 12.1 Å². The van der Waals surface area contributed by atoms with Crippen molar-refractivity contribution in [2.24, 2.45) is 47.3 Å². The van der Waals surface area contributed by atoms with E-state index in [2.05, 4.69) is 62.1 Å². The van der Waals surface area contributed by atoms with Crippen molar-refractivity contribution in [2.45, 2.75) is 327 Å². The maximum absolute atomic E-state index is 14.2. The fourth-order valence-electron chi connectivity index (χ4n) is 26.0. The molecule has 5 aromatic heterocycles. The number of ketones is 5. The normalized spacial score (nSPS) is 21.9. The molecule has 8 amide bonds. The lowest BCUT2D eigenvalue weighted by atomic mass is 9.76. The highest BCUT2D eigenvalue weighted by atomic mass is 35.5. The Balaban J connectivity index is 0.000000142. The average molecular weight is 2140 g/mol. The monoisotopic (exact) mass is 2140 g/mol. The number of halogens is 4. The van der Waals surface area contributed by atoms with Crippen LogP contribution >= 0.6 is 46.4 Å². The number of pyridine rings is 1. The van der Waals surface area contributed by atoms with E-state index >= 15 is 0 Å². The van der Waals surface area contributed by atoms with Gasteiger partial charge in [0.2, 0.25) is 29.5 Å². The molecule has 0 spiro atoms. The first-order valence-corrected chi connectivity index (χ1v) is 57.6. The van der Waals surface area contributed by atoms with Gasteiger partial charge < -0.3 is 73.7 Å². The van der Waals surface area contributed by atoms with Crippen LogP contribution < -0.4 is 36.0 Å². The number of cyclic esters (lactones) is 1. The van der Waals surface area contributed by atoms with E-state index in [1.54, 1.807) is 57.2 Å². The van der Waals surface area contributed by atoms with Crippen molar-refractivity contribution in [3.05, 3.63) is 117 Å². The zero-order chi connectivity index (χ0) is 106. The number of urea groups is 1. The number of carbonyl (C=O) groups excluding carboxylic acids is 12. The standard InChI is InChI=1S/C30H42ClN5O3.C30H41ClN4O3.C29H39ClN4O4.C27H37ClN4O3/c1-20(32-2)28(37)17-24(21-8-5-4-6-9-21)29(38)35-13-7-10-23(35)18-34-19-27(36-15-14-33(3)30(36)39)25-16-22(31)11-12-26(25)34;1-20(32-2)28(36)17-24(21-8-4-3-5-9-21)30(38)34-14-6-10-23(34)18-33-19-27(35-15-7-11-29(35)37)25-16-22(31)12-13-26(25)33;1-19(31-2)27(35)16-23(20-7-4-3-5-8-20)28(36)33-12-6-9-22(33)17-32-18-26(34-13-14-38-29(34)37)24-15-21(30)10-11-25(24)32;1-17(29-3)25(34)13-22(19-8-5-4-6-9-19)27(35)32-11-7-10-21(32)15-31-16-24(18(2)33)23-12-20(28)14-30-26(23)31/h11-12,16,19-21,23-24,32H,4-10,13-15,17-18H2,1-3H3;12-13,16,19-21,23-24,32H,3-11,14-15,17-18H2,1-2H3;10-11,15,18-20,22-23,31H,3-9,12-14,16-17H2,1-2H3;12,14,16-17,19,21-22,29H,4-11,13,15H2,1-3H3/t2*20-,23-,24-;19-,22-,23-;17-,21-,22-/m0000/s1. The first kappa shape index (κ1) is 113. The Morgan fingerprint density at radius 3 is 0.993 bits per heavy atom. The SMILES string of the molecule is CN[C@@H](C)C(=O)C[C@H](C(=O)N1CCC[C@H]1Cn1cc(C(C)=O)c2cc(Cl)cnc21)C1CCCCC1.CN[C@@H](C)C(=O)C[C@H](C(=O)N1CCC[C@H]1Cn1cc(N2CCCC2=O)c2cc(Cl)ccc21)C1CCCCC1.CN[C@@H](C)C(=O)C[C@H](C(=O)N1CCC[C@H]1Cn1cc(N2CCN(C)C2=O)c2cc(Cl)ccc21)C1CCCCC1.CN[C@@H](C)C(=O)C[C@H](C(=O)N1CCC[C@H]1Cn1cc(N2CCOC2=O)c2cc(Cl)ccc21)C1CCCCC1. The summed E-state index contributed by atoms with van der Waals surface area (Å²) in [7, 11) is 9.00. The van der Waals surface area contributed by atoms with Crippen LogP contribution in [0.3, 0.4) is 0 Å². The van der Waals surface area contributed by atoms with Crippen LogP contribution in [0.4, 0.5) is 26.7 Å². The zero-order valence-corrected chi connectivity index (χ0v) is 92.8. The van der Waals surface area contributed by atoms with E-state index in [1.807, 2.05) is 126 Å². The predicted octanol–water partition coefficient (Wildman–Crippen LogP) is 19.8. The number of anilines is 3. The fraction of sp³-hybridized carbons (Fsp3) is 0.629. The molecule has 0 unspecified atom stereocenters. The van der Waals surface area contributed by atoms with Gasteiger partial charge in [-0.1, -0.05) is 123 Å². The van der Waals surface area contributed by atoms with Crippen molar-refractivity contribution in [1.82, 2.24) is 69.0 Å². The second kappa shape index (κ2) is 52.0. The maximum Gasteiger partial charge on any atom is 0.414 e. The van der Waals surface area contributed by atoms with Crippen molar-refractivity contribution in [1.29, 1.82) is 0 Å². The highest BCUT2D eigenvalue weighted by Crippen LogP contribution is 2.45. The minimum absolute atomic E-state index is 0.0116. The Hall–Kier alpha value is -9.79. The van der Waals surface area contributed by atoms with Gasteiger partial charge in [-0.15, -0.1) is 0 Å². The van der Waals surface area contributed by atoms with Crippen molar-refractivity contribution >= 4 is 178 Å². The van der Waals surface area contributed by atoms with Crippen LogP contribution in [-0.4, -0.2) is 261 Å². The summed E-state index contributed by atoms with van der Waals surface area (Å²) in [5, 5.41) is 18.2. The highest BCUT2D eigenvalue weighted by molar-refractivity contribution is 6.33. The Morgan fingerprint density at radius 1 is 0.367 bits per heavy atom. The molecule has 7 saturated heterocycles. The van der Waals surface area contributed by atoms with Gasteiger partial charge in [-0.05, 0) is 256 Å². The molecule has 30 nitrogen and oxygen atoms in total. The molecule has 19 rings (SSSR count). The third-order valence-corrected chi connectivity index (χ3v) is 36.1. The van der Waals surface area contributed by atoms with E-state index in [-0.39, 0.29) is 166 Å². The van der Waals surface area contributed by atoms with Gasteiger partial charge in [0, 0.05) is 232 Å². The lowest BCUT2D eigenvalue weighted by Crippen LogP contribution is -2.45. The molecule has 12 atom stereocenters. The number of Topliss-reactive ketones (excluding diaryl/α,β-unsaturated/α-hetero) is 5. The minimum atomic E-state index is -0.350. The molecule has 4 N–H and O–H groups in total. The van der Waals surface area contributed by atoms with E-state index in [0.717, 1.165) is 242 Å². The summed E-state index contributed by atoms with van der Waals surface area (Å²) in [6.07, 6.45) is 41.5. The molecule has 3 aromatic carbocycles. The predicted molar refractivity (Wildman–Crippen MR) is 593 cm³/mol. The number of hydrogen-bond donors (Lipinski definition) is 4. The smallest absolute Gasteiger partial charge is 0.414 e. The quantitative estimate of drug-likeness (QED) is 0.0265.